The van der Waals surface area contributed by atoms with E-state index in [1.54, 1.807) is 0 Å². The van der Waals surface area contributed by atoms with Crippen molar-refractivity contribution in [2.24, 2.45) is 11.8 Å². The van der Waals surface area contributed by atoms with Crippen molar-refractivity contribution in [2.75, 3.05) is 13.7 Å². The summed E-state index contributed by atoms with van der Waals surface area (Å²) in [6.07, 6.45) is 4.34. The van der Waals surface area contributed by atoms with E-state index in [1.807, 2.05) is 7.11 Å². The van der Waals surface area contributed by atoms with Gasteiger partial charge in [-0.05, 0) is 37.6 Å². The van der Waals surface area contributed by atoms with Crippen molar-refractivity contribution in [3.8, 4) is 0 Å². The highest BCUT2D eigenvalue weighted by Gasteiger charge is 2.37. The summed E-state index contributed by atoms with van der Waals surface area (Å²) in [6.45, 7) is 7.88. The second-order valence-corrected chi connectivity index (χ2v) is 4.76. The quantitative estimate of drug-likeness (QED) is 0.680. The van der Waals surface area contributed by atoms with Crippen molar-refractivity contribution in [3.05, 3.63) is 0 Å². The molecule has 0 spiro atoms. The van der Waals surface area contributed by atoms with Crippen molar-refractivity contribution in [3.63, 3.8) is 0 Å². The molecule has 0 radical (unpaired) electrons. The Balaban J connectivity index is 2.45. The number of hydrogen-bond donors (Lipinski definition) is 1. The maximum absolute atomic E-state index is 5.63. The Labute approximate surface area is 88.4 Å². The SMILES string of the molecule is CCCNC(C(C)C)C(OC)C1CC1. The fraction of sp³-hybridized carbons (Fsp3) is 1.00. The van der Waals surface area contributed by atoms with Gasteiger partial charge in [-0.25, -0.2) is 0 Å². The number of nitrogens with one attached hydrogen (secondary N) is 1. The highest BCUT2D eigenvalue weighted by Crippen LogP contribution is 2.36. The predicted octanol–water partition coefficient (Wildman–Crippen LogP) is 2.44. The Kier molecular flexibility index (Phi) is 4.90. The molecule has 2 heteroatoms. The topological polar surface area (TPSA) is 21.3 Å². The first kappa shape index (κ1) is 12.0. The Hall–Kier alpha value is -0.0800. The van der Waals surface area contributed by atoms with E-state index in [-0.39, 0.29) is 0 Å². The summed E-state index contributed by atoms with van der Waals surface area (Å²) in [6, 6.07) is 0.535. The van der Waals surface area contributed by atoms with Crippen molar-refractivity contribution in [1.82, 2.24) is 5.32 Å². The van der Waals surface area contributed by atoms with Gasteiger partial charge in [0, 0.05) is 13.2 Å². The highest BCUT2D eigenvalue weighted by atomic mass is 16.5. The minimum Gasteiger partial charge on any atom is -0.380 e. The van der Waals surface area contributed by atoms with Crippen LogP contribution in [0.5, 0.6) is 0 Å². The summed E-state index contributed by atoms with van der Waals surface area (Å²) >= 11 is 0. The van der Waals surface area contributed by atoms with Crippen molar-refractivity contribution in [1.29, 1.82) is 0 Å². The van der Waals surface area contributed by atoms with Gasteiger partial charge in [0.25, 0.3) is 0 Å². The van der Waals surface area contributed by atoms with Gasteiger partial charge in [0.05, 0.1) is 6.10 Å². The van der Waals surface area contributed by atoms with Crippen molar-refractivity contribution >= 4 is 0 Å². The zero-order valence-corrected chi connectivity index (χ0v) is 10.0. The molecule has 1 aliphatic carbocycles. The Morgan fingerprint density at radius 1 is 1.36 bits per heavy atom. The standard InChI is InChI=1S/C12H25NO/c1-5-8-13-11(9(2)3)12(14-4)10-6-7-10/h9-13H,5-8H2,1-4H3. The molecule has 1 saturated carbocycles. The van der Waals surface area contributed by atoms with Gasteiger partial charge in [-0.3, -0.25) is 0 Å². The normalized spacial score (nSPS) is 21.2. The van der Waals surface area contributed by atoms with E-state index < -0.39 is 0 Å². The van der Waals surface area contributed by atoms with E-state index in [4.69, 9.17) is 4.74 Å². The maximum atomic E-state index is 5.63. The fourth-order valence-electron chi connectivity index (χ4n) is 2.10. The van der Waals surface area contributed by atoms with Crippen LogP contribution < -0.4 is 5.32 Å². The van der Waals surface area contributed by atoms with E-state index in [2.05, 4.69) is 26.1 Å². The Morgan fingerprint density at radius 2 is 2.00 bits per heavy atom. The van der Waals surface area contributed by atoms with Gasteiger partial charge >= 0.3 is 0 Å². The third kappa shape index (κ3) is 3.25. The van der Waals surface area contributed by atoms with E-state index in [0.29, 0.717) is 18.1 Å². The van der Waals surface area contributed by atoms with Crippen LogP contribution in [0.3, 0.4) is 0 Å². The van der Waals surface area contributed by atoms with Gasteiger partial charge in [0.1, 0.15) is 0 Å². The average molecular weight is 199 g/mol. The molecule has 1 rings (SSSR count). The van der Waals surface area contributed by atoms with Crippen molar-refractivity contribution in [2.45, 2.75) is 52.2 Å². The molecule has 0 aromatic carbocycles. The third-order valence-corrected chi connectivity index (χ3v) is 3.06. The monoisotopic (exact) mass is 199 g/mol. The molecule has 14 heavy (non-hydrogen) atoms. The van der Waals surface area contributed by atoms with Crippen LogP contribution >= 0.6 is 0 Å². The Morgan fingerprint density at radius 3 is 2.36 bits per heavy atom. The van der Waals surface area contributed by atoms with Crippen LogP contribution in [0.2, 0.25) is 0 Å². The number of ether oxygens (including phenoxy) is 1. The second kappa shape index (κ2) is 5.72. The molecule has 1 aliphatic rings. The fourth-order valence-corrected chi connectivity index (χ4v) is 2.10. The predicted molar refractivity (Wildman–Crippen MR) is 60.4 cm³/mol. The molecular weight excluding hydrogens is 174 g/mol. The van der Waals surface area contributed by atoms with E-state index in [1.165, 1.54) is 19.3 Å². The van der Waals surface area contributed by atoms with Crippen molar-refractivity contribution < 1.29 is 4.74 Å². The van der Waals surface area contributed by atoms with E-state index >= 15 is 0 Å². The summed E-state index contributed by atoms with van der Waals surface area (Å²) in [5, 5.41) is 3.62. The van der Waals surface area contributed by atoms with Crippen LogP contribution in [0.15, 0.2) is 0 Å². The lowest BCUT2D eigenvalue weighted by molar-refractivity contribution is 0.0365. The first-order valence-corrected chi connectivity index (χ1v) is 5.96. The minimum absolute atomic E-state index is 0.432. The molecule has 0 amide bonds. The summed E-state index contributed by atoms with van der Waals surface area (Å²) in [5.74, 6) is 1.48. The number of rotatable bonds is 7. The summed E-state index contributed by atoms with van der Waals surface area (Å²) < 4.78 is 5.63. The van der Waals surface area contributed by atoms with Crippen LogP contribution in [0.1, 0.15) is 40.0 Å². The van der Waals surface area contributed by atoms with Gasteiger partial charge in [-0.15, -0.1) is 0 Å². The van der Waals surface area contributed by atoms with E-state index in [0.717, 1.165) is 12.5 Å². The zero-order chi connectivity index (χ0) is 10.6. The molecular formula is C12H25NO. The first-order chi connectivity index (χ1) is 6.70. The highest BCUT2D eigenvalue weighted by molar-refractivity contribution is 4.91. The molecule has 0 aromatic rings. The molecule has 0 bridgehead atoms. The average Bonchev–Trinajstić information content (AvgIpc) is 2.95. The molecule has 2 nitrogen and oxygen atoms in total. The van der Waals surface area contributed by atoms with Gasteiger partial charge in [-0.1, -0.05) is 20.8 Å². The smallest absolute Gasteiger partial charge is 0.0754 e. The van der Waals surface area contributed by atoms with E-state index in [9.17, 15) is 0 Å². The number of hydrogen-bond acceptors (Lipinski definition) is 2. The Bertz CT molecular complexity index is 154. The molecule has 2 atom stereocenters. The molecule has 0 aliphatic heterocycles. The third-order valence-electron chi connectivity index (χ3n) is 3.06. The van der Waals surface area contributed by atoms with Crippen LogP contribution in [0.25, 0.3) is 0 Å². The first-order valence-electron chi connectivity index (χ1n) is 5.96. The zero-order valence-electron chi connectivity index (χ0n) is 10.0. The van der Waals surface area contributed by atoms with Gasteiger partial charge in [-0.2, -0.15) is 0 Å². The maximum Gasteiger partial charge on any atom is 0.0754 e. The molecule has 0 heterocycles. The largest absolute Gasteiger partial charge is 0.380 e. The summed E-state index contributed by atoms with van der Waals surface area (Å²) in [5.41, 5.74) is 0. The molecule has 2 unspecified atom stereocenters. The second-order valence-electron chi connectivity index (χ2n) is 4.76. The van der Waals surface area contributed by atoms with Gasteiger partial charge in [0.15, 0.2) is 0 Å². The van der Waals surface area contributed by atoms with Gasteiger partial charge < -0.3 is 10.1 Å². The molecule has 0 aromatic heterocycles. The molecule has 84 valence electrons. The number of methoxy groups -OCH3 is 1. The molecule has 0 saturated heterocycles. The summed E-state index contributed by atoms with van der Waals surface area (Å²) in [7, 11) is 1.85. The van der Waals surface area contributed by atoms with Crippen LogP contribution in [0, 0.1) is 11.8 Å². The van der Waals surface area contributed by atoms with Gasteiger partial charge in [0.2, 0.25) is 0 Å². The lowest BCUT2D eigenvalue weighted by atomic mass is 9.95. The minimum atomic E-state index is 0.432. The summed E-state index contributed by atoms with van der Waals surface area (Å²) in [4.78, 5) is 0. The van der Waals surface area contributed by atoms with Crippen LogP contribution in [0.4, 0.5) is 0 Å². The lowest BCUT2D eigenvalue weighted by Gasteiger charge is -2.30. The lowest BCUT2D eigenvalue weighted by Crippen LogP contribution is -2.46. The van der Waals surface area contributed by atoms with Crippen LogP contribution in [-0.2, 0) is 4.74 Å². The van der Waals surface area contributed by atoms with Crippen LogP contribution in [-0.4, -0.2) is 25.8 Å². The molecule has 1 N–H and O–H groups in total. The molecule has 1 fully saturated rings.